The van der Waals surface area contributed by atoms with Crippen molar-refractivity contribution in [2.24, 2.45) is 0 Å². The lowest BCUT2D eigenvalue weighted by atomic mass is 10.1. The molecule has 10 heteroatoms. The van der Waals surface area contributed by atoms with Gasteiger partial charge in [-0.25, -0.2) is 9.59 Å². The standard InChI is InChI=1S/C20H23NO8S/c1-5-27-15-9-13(7-8-14(15)29-11-17(22)26-4)10-16-18(23)21(20(25)30-16)12(3)19(24)28-6-2/h7-10,12H,5-6,11H2,1-4H3/b16-10+/t12-/m0/s1. The monoisotopic (exact) mass is 437 g/mol. The summed E-state index contributed by atoms with van der Waals surface area (Å²) < 4.78 is 20.4. The summed E-state index contributed by atoms with van der Waals surface area (Å²) in [6.45, 7) is 5.11. The minimum atomic E-state index is -1.02. The first-order valence-corrected chi connectivity index (χ1v) is 10.0. The number of methoxy groups -OCH3 is 1. The van der Waals surface area contributed by atoms with Crippen molar-refractivity contribution in [2.45, 2.75) is 26.8 Å². The third kappa shape index (κ3) is 5.53. The predicted octanol–water partition coefficient (Wildman–Crippen LogP) is 2.63. The fourth-order valence-corrected chi connectivity index (χ4v) is 3.44. The zero-order valence-electron chi connectivity index (χ0n) is 17.1. The van der Waals surface area contributed by atoms with Crippen LogP contribution in [0.5, 0.6) is 11.5 Å². The normalized spacial score (nSPS) is 15.9. The SMILES string of the molecule is CCOC(=O)[C@H](C)N1C(=O)S/C(=C/c2ccc(OCC(=O)OC)c(OCC)c2)C1=O. The number of hydrogen-bond acceptors (Lipinski definition) is 9. The molecule has 0 N–H and O–H groups in total. The number of rotatable bonds is 9. The predicted molar refractivity (Wildman–Crippen MR) is 109 cm³/mol. The molecule has 0 saturated carbocycles. The number of carbonyl (C=O) groups excluding carboxylic acids is 4. The fraction of sp³-hybridized carbons (Fsp3) is 0.400. The van der Waals surface area contributed by atoms with Gasteiger partial charge >= 0.3 is 11.9 Å². The Balaban J connectivity index is 2.24. The molecule has 0 aliphatic carbocycles. The highest BCUT2D eigenvalue weighted by molar-refractivity contribution is 8.18. The zero-order valence-corrected chi connectivity index (χ0v) is 17.9. The lowest BCUT2D eigenvalue weighted by molar-refractivity contribution is -0.150. The van der Waals surface area contributed by atoms with Gasteiger partial charge in [0.2, 0.25) is 0 Å². The first-order chi connectivity index (χ1) is 14.3. The van der Waals surface area contributed by atoms with Crippen LogP contribution < -0.4 is 9.47 Å². The average molecular weight is 437 g/mol. The van der Waals surface area contributed by atoms with Crippen LogP contribution in [0, 0.1) is 0 Å². The molecule has 0 spiro atoms. The van der Waals surface area contributed by atoms with Gasteiger partial charge in [0, 0.05) is 0 Å². The van der Waals surface area contributed by atoms with Crippen LogP contribution in [0.4, 0.5) is 4.79 Å². The van der Waals surface area contributed by atoms with Gasteiger partial charge in [0.1, 0.15) is 6.04 Å². The van der Waals surface area contributed by atoms with E-state index in [1.165, 1.54) is 20.1 Å². The Morgan fingerprint density at radius 1 is 1.13 bits per heavy atom. The Bertz CT molecular complexity index is 866. The van der Waals surface area contributed by atoms with E-state index in [1.807, 2.05) is 0 Å². The quantitative estimate of drug-likeness (QED) is 0.425. The number of nitrogens with zero attached hydrogens (tertiary/aromatic N) is 1. The number of thioether (sulfide) groups is 1. The number of esters is 2. The Morgan fingerprint density at radius 2 is 1.87 bits per heavy atom. The van der Waals surface area contributed by atoms with Crippen molar-refractivity contribution in [1.29, 1.82) is 0 Å². The van der Waals surface area contributed by atoms with Crippen molar-refractivity contribution in [3.05, 3.63) is 28.7 Å². The number of carbonyl (C=O) groups is 4. The summed E-state index contributed by atoms with van der Waals surface area (Å²) in [5.41, 5.74) is 0.582. The highest BCUT2D eigenvalue weighted by atomic mass is 32.2. The van der Waals surface area contributed by atoms with Crippen molar-refractivity contribution < 1.29 is 38.1 Å². The summed E-state index contributed by atoms with van der Waals surface area (Å²) in [6, 6.07) is 3.85. The van der Waals surface area contributed by atoms with E-state index in [9.17, 15) is 19.2 Å². The molecule has 2 rings (SSSR count). The number of hydrogen-bond donors (Lipinski definition) is 0. The molecule has 0 bridgehead atoms. The molecule has 1 saturated heterocycles. The van der Waals surface area contributed by atoms with Crippen molar-refractivity contribution in [3.63, 3.8) is 0 Å². The summed E-state index contributed by atoms with van der Waals surface area (Å²) >= 11 is 0.739. The maximum absolute atomic E-state index is 12.7. The first-order valence-electron chi connectivity index (χ1n) is 9.22. The lowest BCUT2D eigenvalue weighted by Gasteiger charge is -2.19. The fourth-order valence-electron chi connectivity index (χ4n) is 2.53. The van der Waals surface area contributed by atoms with Gasteiger partial charge in [-0.1, -0.05) is 6.07 Å². The van der Waals surface area contributed by atoms with Gasteiger partial charge in [-0.15, -0.1) is 0 Å². The minimum Gasteiger partial charge on any atom is -0.490 e. The molecule has 1 aromatic carbocycles. The minimum absolute atomic E-state index is 0.153. The molecule has 1 aliphatic heterocycles. The Kier molecular flexibility index (Phi) is 8.28. The number of benzene rings is 1. The van der Waals surface area contributed by atoms with Crippen molar-refractivity contribution in [2.75, 3.05) is 26.9 Å². The molecule has 1 fully saturated rings. The number of ether oxygens (including phenoxy) is 4. The molecule has 1 heterocycles. The van der Waals surface area contributed by atoms with Gasteiger partial charge in [-0.2, -0.15) is 0 Å². The topological polar surface area (TPSA) is 108 Å². The van der Waals surface area contributed by atoms with Gasteiger partial charge in [0.25, 0.3) is 11.1 Å². The second-order valence-corrected chi connectivity index (χ2v) is 6.98. The van der Waals surface area contributed by atoms with Gasteiger partial charge in [0.05, 0.1) is 25.2 Å². The zero-order chi connectivity index (χ0) is 22.3. The molecule has 162 valence electrons. The van der Waals surface area contributed by atoms with Crippen LogP contribution in [0.1, 0.15) is 26.3 Å². The van der Waals surface area contributed by atoms with Crippen LogP contribution >= 0.6 is 11.8 Å². The maximum atomic E-state index is 12.7. The maximum Gasteiger partial charge on any atom is 0.343 e. The summed E-state index contributed by atoms with van der Waals surface area (Å²) in [5, 5.41) is -0.546. The van der Waals surface area contributed by atoms with Gasteiger partial charge in [-0.3, -0.25) is 14.5 Å². The Morgan fingerprint density at radius 3 is 2.50 bits per heavy atom. The Labute approximate surface area is 178 Å². The molecule has 2 amide bonds. The van der Waals surface area contributed by atoms with Gasteiger partial charge < -0.3 is 18.9 Å². The van der Waals surface area contributed by atoms with Gasteiger partial charge in [-0.05, 0) is 56.3 Å². The first kappa shape index (κ1) is 23.3. The molecule has 1 atom stereocenters. The van der Waals surface area contributed by atoms with Crippen molar-refractivity contribution in [3.8, 4) is 11.5 Å². The van der Waals surface area contributed by atoms with E-state index in [1.54, 1.807) is 32.0 Å². The van der Waals surface area contributed by atoms with Gasteiger partial charge in [0.15, 0.2) is 18.1 Å². The Hall–Kier alpha value is -3.01. The molecule has 9 nitrogen and oxygen atoms in total. The van der Waals surface area contributed by atoms with E-state index in [4.69, 9.17) is 14.2 Å². The smallest absolute Gasteiger partial charge is 0.343 e. The van der Waals surface area contributed by atoms with Crippen LogP contribution in [0.2, 0.25) is 0 Å². The molecular formula is C20H23NO8S. The van der Waals surface area contributed by atoms with Crippen molar-refractivity contribution >= 4 is 40.9 Å². The van der Waals surface area contributed by atoms with E-state index in [2.05, 4.69) is 4.74 Å². The summed E-state index contributed by atoms with van der Waals surface area (Å²) in [4.78, 5) is 49.2. The molecule has 1 aromatic rings. The molecular weight excluding hydrogens is 414 g/mol. The number of amides is 2. The highest BCUT2D eigenvalue weighted by Gasteiger charge is 2.41. The number of imide groups is 1. The van der Waals surface area contributed by atoms with E-state index in [-0.39, 0.29) is 18.1 Å². The van der Waals surface area contributed by atoms with Crippen LogP contribution in [0.15, 0.2) is 23.1 Å². The molecule has 30 heavy (non-hydrogen) atoms. The molecule has 0 radical (unpaired) electrons. The largest absolute Gasteiger partial charge is 0.490 e. The van der Waals surface area contributed by atoms with Crippen LogP contribution in [-0.4, -0.2) is 61.0 Å². The molecule has 0 aromatic heterocycles. The van der Waals surface area contributed by atoms with E-state index >= 15 is 0 Å². The van der Waals surface area contributed by atoms with E-state index in [0.717, 1.165) is 16.7 Å². The van der Waals surface area contributed by atoms with Crippen LogP contribution in [-0.2, 0) is 23.9 Å². The van der Waals surface area contributed by atoms with E-state index in [0.29, 0.717) is 23.7 Å². The highest BCUT2D eigenvalue weighted by Crippen LogP contribution is 2.35. The molecule has 0 unspecified atom stereocenters. The summed E-state index contributed by atoms with van der Waals surface area (Å²) in [7, 11) is 1.26. The molecule has 1 aliphatic rings. The van der Waals surface area contributed by atoms with Crippen molar-refractivity contribution in [1.82, 2.24) is 4.90 Å². The van der Waals surface area contributed by atoms with Crippen LogP contribution in [0.25, 0.3) is 6.08 Å². The summed E-state index contributed by atoms with van der Waals surface area (Å²) in [6.07, 6.45) is 1.52. The lowest BCUT2D eigenvalue weighted by Crippen LogP contribution is -2.42. The third-order valence-corrected chi connectivity index (χ3v) is 4.86. The average Bonchev–Trinajstić information content (AvgIpc) is 2.99. The van der Waals surface area contributed by atoms with Crippen LogP contribution in [0.3, 0.4) is 0 Å². The second kappa shape index (κ2) is 10.7. The second-order valence-electron chi connectivity index (χ2n) is 5.98. The third-order valence-electron chi connectivity index (χ3n) is 3.98. The summed E-state index contributed by atoms with van der Waals surface area (Å²) in [5.74, 6) is -1.05. The van der Waals surface area contributed by atoms with E-state index < -0.39 is 29.1 Å².